The minimum atomic E-state index is -0.0420. The van der Waals surface area contributed by atoms with Crippen molar-refractivity contribution in [3.8, 4) is 10.6 Å². The van der Waals surface area contributed by atoms with Crippen molar-refractivity contribution in [2.45, 2.75) is 13.5 Å². The maximum absolute atomic E-state index is 12.7. The minimum absolute atomic E-state index is 0.0420. The number of aromatic nitrogens is 5. The van der Waals surface area contributed by atoms with Gasteiger partial charge in [-0.05, 0) is 19.1 Å². The van der Waals surface area contributed by atoms with Gasteiger partial charge in [-0.25, -0.2) is 9.97 Å². The van der Waals surface area contributed by atoms with Gasteiger partial charge in [0.2, 0.25) is 0 Å². The first-order valence-electron chi connectivity index (χ1n) is 7.49. The number of hydrogen-bond acceptors (Lipinski definition) is 5. The standard InChI is InChI=1S/C17H15N5OS/c1-11-3-4-15-14(5-11)17(23)22(10-18-15)8-13-9-24-16(20-13)12-6-19-21(2)7-12/h3-7,9-10H,8H2,1-2H3. The Hall–Kier alpha value is -2.80. The highest BCUT2D eigenvalue weighted by Crippen LogP contribution is 2.23. The summed E-state index contributed by atoms with van der Waals surface area (Å²) in [5.41, 5.74) is 3.55. The van der Waals surface area contributed by atoms with Gasteiger partial charge in [0.05, 0.1) is 35.7 Å². The third-order valence-electron chi connectivity index (χ3n) is 3.82. The Bertz CT molecular complexity index is 1090. The van der Waals surface area contributed by atoms with Crippen LogP contribution in [0.3, 0.4) is 0 Å². The molecule has 0 amide bonds. The van der Waals surface area contributed by atoms with Gasteiger partial charge in [0, 0.05) is 24.2 Å². The molecule has 0 N–H and O–H groups in total. The lowest BCUT2D eigenvalue weighted by Crippen LogP contribution is -2.21. The van der Waals surface area contributed by atoms with Gasteiger partial charge in [0.25, 0.3) is 5.56 Å². The first kappa shape index (κ1) is 14.8. The van der Waals surface area contributed by atoms with Crippen LogP contribution in [0.5, 0.6) is 0 Å². The summed E-state index contributed by atoms with van der Waals surface area (Å²) < 4.78 is 3.35. The molecule has 24 heavy (non-hydrogen) atoms. The first-order chi connectivity index (χ1) is 11.6. The van der Waals surface area contributed by atoms with Gasteiger partial charge in [-0.2, -0.15) is 5.10 Å². The van der Waals surface area contributed by atoms with E-state index < -0.39 is 0 Å². The molecule has 0 saturated carbocycles. The summed E-state index contributed by atoms with van der Waals surface area (Å²) in [5.74, 6) is 0. The second-order valence-corrected chi connectivity index (χ2v) is 6.60. The van der Waals surface area contributed by atoms with Crippen LogP contribution < -0.4 is 5.56 Å². The van der Waals surface area contributed by atoms with Gasteiger partial charge in [-0.3, -0.25) is 14.0 Å². The van der Waals surface area contributed by atoms with Crippen LogP contribution in [-0.4, -0.2) is 24.3 Å². The molecule has 7 heteroatoms. The Balaban J connectivity index is 1.68. The van der Waals surface area contributed by atoms with E-state index in [1.54, 1.807) is 33.1 Å². The quantitative estimate of drug-likeness (QED) is 0.576. The molecule has 3 heterocycles. The fraction of sp³-hybridized carbons (Fsp3) is 0.176. The van der Waals surface area contributed by atoms with Crippen molar-refractivity contribution in [1.29, 1.82) is 0 Å². The van der Waals surface area contributed by atoms with E-state index >= 15 is 0 Å². The van der Waals surface area contributed by atoms with Crippen molar-refractivity contribution >= 4 is 22.2 Å². The average Bonchev–Trinajstić information content (AvgIpc) is 3.19. The lowest BCUT2D eigenvalue weighted by molar-refractivity contribution is 0.734. The van der Waals surface area contributed by atoms with Crippen molar-refractivity contribution in [3.05, 3.63) is 63.9 Å². The SMILES string of the molecule is Cc1ccc2ncn(Cc3csc(-c4cnn(C)c4)n3)c(=O)c2c1. The number of hydrogen-bond donors (Lipinski definition) is 0. The molecular weight excluding hydrogens is 322 g/mol. The predicted octanol–water partition coefficient (Wildman–Crippen LogP) is 2.61. The Kier molecular flexibility index (Phi) is 3.50. The van der Waals surface area contributed by atoms with Crippen molar-refractivity contribution in [2.24, 2.45) is 7.05 Å². The molecule has 0 aliphatic heterocycles. The zero-order chi connectivity index (χ0) is 16.7. The Morgan fingerprint density at radius 1 is 1.29 bits per heavy atom. The monoisotopic (exact) mass is 337 g/mol. The van der Waals surface area contributed by atoms with Gasteiger partial charge in [-0.15, -0.1) is 11.3 Å². The zero-order valence-electron chi connectivity index (χ0n) is 13.3. The molecular formula is C17H15N5OS. The summed E-state index contributed by atoms with van der Waals surface area (Å²) in [6.07, 6.45) is 5.30. The number of fused-ring (bicyclic) bond motifs is 1. The Morgan fingerprint density at radius 3 is 2.96 bits per heavy atom. The number of thiazole rings is 1. The van der Waals surface area contributed by atoms with E-state index in [-0.39, 0.29) is 5.56 Å². The summed E-state index contributed by atoms with van der Waals surface area (Å²) in [4.78, 5) is 21.6. The van der Waals surface area contributed by atoms with E-state index in [0.717, 1.165) is 27.3 Å². The van der Waals surface area contributed by atoms with Gasteiger partial charge in [-0.1, -0.05) is 11.6 Å². The van der Waals surface area contributed by atoms with Crippen LogP contribution in [0.2, 0.25) is 0 Å². The number of aryl methyl sites for hydroxylation is 2. The molecule has 0 atom stereocenters. The van der Waals surface area contributed by atoms with Gasteiger partial charge >= 0.3 is 0 Å². The van der Waals surface area contributed by atoms with Crippen LogP contribution >= 0.6 is 11.3 Å². The summed E-state index contributed by atoms with van der Waals surface area (Å²) in [6.45, 7) is 2.38. The lowest BCUT2D eigenvalue weighted by atomic mass is 10.2. The molecule has 0 aliphatic rings. The molecule has 4 aromatic rings. The number of rotatable bonds is 3. The van der Waals surface area contributed by atoms with Gasteiger partial charge in [0.1, 0.15) is 5.01 Å². The molecule has 0 radical (unpaired) electrons. The normalized spacial score (nSPS) is 11.2. The summed E-state index contributed by atoms with van der Waals surface area (Å²) >= 11 is 1.55. The van der Waals surface area contributed by atoms with E-state index in [9.17, 15) is 4.79 Å². The smallest absolute Gasteiger partial charge is 0.261 e. The Labute approximate surface area is 142 Å². The van der Waals surface area contributed by atoms with Crippen LogP contribution in [0.1, 0.15) is 11.3 Å². The largest absolute Gasteiger partial charge is 0.293 e. The van der Waals surface area contributed by atoms with Crippen molar-refractivity contribution in [1.82, 2.24) is 24.3 Å². The summed E-state index contributed by atoms with van der Waals surface area (Å²) in [5, 5.41) is 7.67. The van der Waals surface area contributed by atoms with Crippen LogP contribution in [0.15, 0.2) is 47.1 Å². The van der Waals surface area contributed by atoms with Crippen LogP contribution in [0, 0.1) is 6.92 Å². The van der Waals surface area contributed by atoms with Crippen molar-refractivity contribution < 1.29 is 0 Å². The molecule has 1 aromatic carbocycles. The molecule has 0 bridgehead atoms. The molecule has 0 unspecified atom stereocenters. The van der Waals surface area contributed by atoms with E-state index in [1.807, 2.05) is 43.7 Å². The highest BCUT2D eigenvalue weighted by Gasteiger charge is 2.09. The fourth-order valence-corrected chi connectivity index (χ4v) is 3.39. The van der Waals surface area contributed by atoms with Gasteiger partial charge in [0.15, 0.2) is 0 Å². The molecule has 6 nitrogen and oxygen atoms in total. The molecule has 120 valence electrons. The highest BCUT2D eigenvalue weighted by molar-refractivity contribution is 7.13. The molecule has 0 fully saturated rings. The Morgan fingerprint density at radius 2 is 2.17 bits per heavy atom. The summed E-state index contributed by atoms with van der Waals surface area (Å²) in [6, 6.07) is 5.71. The maximum Gasteiger partial charge on any atom is 0.261 e. The molecule has 0 spiro atoms. The van der Waals surface area contributed by atoms with E-state index in [0.29, 0.717) is 11.9 Å². The lowest BCUT2D eigenvalue weighted by Gasteiger charge is -2.05. The van der Waals surface area contributed by atoms with Crippen LogP contribution in [-0.2, 0) is 13.6 Å². The van der Waals surface area contributed by atoms with Crippen molar-refractivity contribution in [2.75, 3.05) is 0 Å². The zero-order valence-corrected chi connectivity index (χ0v) is 14.1. The van der Waals surface area contributed by atoms with Crippen LogP contribution in [0.25, 0.3) is 21.5 Å². The minimum Gasteiger partial charge on any atom is -0.293 e. The molecule has 4 rings (SSSR count). The predicted molar refractivity (Wildman–Crippen MR) is 94.2 cm³/mol. The van der Waals surface area contributed by atoms with E-state index in [1.165, 1.54) is 0 Å². The fourth-order valence-electron chi connectivity index (χ4n) is 2.60. The first-order valence-corrected chi connectivity index (χ1v) is 8.37. The molecule has 3 aromatic heterocycles. The van der Waals surface area contributed by atoms with Gasteiger partial charge < -0.3 is 0 Å². The topological polar surface area (TPSA) is 65.6 Å². The third kappa shape index (κ3) is 2.63. The summed E-state index contributed by atoms with van der Waals surface area (Å²) in [7, 11) is 1.88. The molecule has 0 aliphatic carbocycles. The second kappa shape index (κ2) is 5.68. The second-order valence-electron chi connectivity index (χ2n) is 5.74. The maximum atomic E-state index is 12.7. The number of nitrogens with zero attached hydrogens (tertiary/aromatic N) is 5. The van der Waals surface area contributed by atoms with Crippen molar-refractivity contribution in [3.63, 3.8) is 0 Å². The van der Waals surface area contributed by atoms with Crippen LogP contribution in [0.4, 0.5) is 0 Å². The van der Waals surface area contributed by atoms with E-state index in [4.69, 9.17) is 0 Å². The van der Waals surface area contributed by atoms with E-state index in [2.05, 4.69) is 15.1 Å². The third-order valence-corrected chi connectivity index (χ3v) is 4.76. The molecule has 0 saturated heterocycles. The average molecular weight is 337 g/mol. The number of benzene rings is 1. The highest BCUT2D eigenvalue weighted by atomic mass is 32.1.